The lowest BCUT2D eigenvalue weighted by Crippen LogP contribution is -2.39. The molecule has 0 saturated carbocycles. The fourth-order valence-electron chi connectivity index (χ4n) is 1.94. The van der Waals surface area contributed by atoms with Crippen LogP contribution in [0.2, 0.25) is 0 Å². The Morgan fingerprint density at radius 3 is 2.62 bits per heavy atom. The molecule has 4 heteroatoms. The zero-order valence-electron chi connectivity index (χ0n) is 9.10. The summed E-state index contributed by atoms with van der Waals surface area (Å²) in [4.78, 5) is 0. The Morgan fingerprint density at radius 2 is 1.94 bits per heavy atom. The van der Waals surface area contributed by atoms with Crippen LogP contribution in [0.5, 0.6) is 0 Å². The van der Waals surface area contributed by atoms with Crippen molar-refractivity contribution in [2.24, 2.45) is 0 Å². The van der Waals surface area contributed by atoms with Gasteiger partial charge in [0.2, 0.25) is 0 Å². The topological polar surface area (TPSA) is 24.1 Å². The normalized spacial score (nSPS) is 17.6. The molecule has 0 atom stereocenters. The summed E-state index contributed by atoms with van der Waals surface area (Å²) in [5.41, 5.74) is 0.789. The lowest BCUT2D eigenvalue weighted by molar-refractivity contribution is 0.386. The van der Waals surface area contributed by atoms with Gasteiger partial charge in [-0.3, -0.25) is 0 Å². The molecule has 1 saturated heterocycles. The third kappa shape index (κ3) is 3.00. The average molecular weight is 226 g/mol. The maximum atomic E-state index is 12.9. The molecule has 1 aliphatic heterocycles. The zero-order chi connectivity index (χ0) is 11.4. The van der Waals surface area contributed by atoms with Crippen LogP contribution in [0.1, 0.15) is 18.4 Å². The maximum absolute atomic E-state index is 12.9. The molecule has 0 aromatic heterocycles. The van der Waals surface area contributed by atoms with E-state index in [1.807, 2.05) is 0 Å². The first kappa shape index (κ1) is 11.5. The number of benzene rings is 1. The van der Waals surface area contributed by atoms with Crippen LogP contribution in [0.25, 0.3) is 0 Å². The summed E-state index contributed by atoms with van der Waals surface area (Å²) in [7, 11) is 0. The van der Waals surface area contributed by atoms with E-state index >= 15 is 0 Å². The van der Waals surface area contributed by atoms with E-state index in [4.69, 9.17) is 0 Å². The van der Waals surface area contributed by atoms with Crippen molar-refractivity contribution in [3.8, 4) is 0 Å². The van der Waals surface area contributed by atoms with Crippen molar-refractivity contribution in [2.45, 2.75) is 25.4 Å². The molecule has 0 amide bonds. The molecular weight excluding hydrogens is 210 g/mol. The van der Waals surface area contributed by atoms with Gasteiger partial charge in [-0.25, -0.2) is 8.78 Å². The van der Waals surface area contributed by atoms with Crippen LogP contribution in [-0.2, 0) is 6.54 Å². The predicted molar refractivity (Wildman–Crippen MR) is 59.1 cm³/mol. The summed E-state index contributed by atoms with van der Waals surface area (Å²) in [6.45, 7) is 2.65. The second-order valence-corrected chi connectivity index (χ2v) is 4.15. The first-order valence-corrected chi connectivity index (χ1v) is 5.64. The number of nitrogens with one attached hydrogen (secondary N) is 2. The van der Waals surface area contributed by atoms with Gasteiger partial charge in [-0.05, 0) is 43.6 Å². The second kappa shape index (κ2) is 5.37. The van der Waals surface area contributed by atoms with Gasteiger partial charge in [0.25, 0.3) is 0 Å². The van der Waals surface area contributed by atoms with Gasteiger partial charge in [-0.15, -0.1) is 0 Å². The van der Waals surface area contributed by atoms with Gasteiger partial charge in [0.15, 0.2) is 11.6 Å². The van der Waals surface area contributed by atoms with E-state index in [0.717, 1.165) is 31.5 Å². The molecule has 0 unspecified atom stereocenters. The molecule has 0 bridgehead atoms. The summed E-state index contributed by atoms with van der Waals surface area (Å²) in [6, 6.07) is 4.53. The highest BCUT2D eigenvalue weighted by molar-refractivity contribution is 5.17. The molecule has 1 aliphatic rings. The minimum atomic E-state index is -0.786. The zero-order valence-corrected chi connectivity index (χ0v) is 9.10. The fraction of sp³-hybridized carbons (Fsp3) is 0.500. The van der Waals surface area contributed by atoms with Gasteiger partial charge in [0.05, 0.1) is 0 Å². The van der Waals surface area contributed by atoms with Crippen LogP contribution in [0.4, 0.5) is 8.78 Å². The summed E-state index contributed by atoms with van der Waals surface area (Å²) >= 11 is 0. The van der Waals surface area contributed by atoms with Gasteiger partial charge in [0, 0.05) is 12.6 Å². The third-order valence-electron chi connectivity index (χ3n) is 2.92. The lowest BCUT2D eigenvalue weighted by atomic mass is 10.1. The summed E-state index contributed by atoms with van der Waals surface area (Å²) in [5.74, 6) is -1.56. The molecule has 0 spiro atoms. The number of hydrogen-bond donors (Lipinski definition) is 2. The maximum Gasteiger partial charge on any atom is 0.159 e. The Labute approximate surface area is 94.0 Å². The number of halogens is 2. The Balaban J connectivity index is 1.86. The fourth-order valence-corrected chi connectivity index (χ4v) is 1.94. The third-order valence-corrected chi connectivity index (χ3v) is 2.92. The molecule has 1 heterocycles. The summed E-state index contributed by atoms with van der Waals surface area (Å²) < 4.78 is 25.6. The molecule has 1 fully saturated rings. The molecule has 88 valence electrons. The van der Waals surface area contributed by atoms with Crippen LogP contribution in [-0.4, -0.2) is 19.1 Å². The Morgan fingerprint density at radius 1 is 1.19 bits per heavy atom. The summed E-state index contributed by atoms with van der Waals surface area (Å²) in [6.07, 6.45) is 2.17. The summed E-state index contributed by atoms with van der Waals surface area (Å²) in [5, 5.41) is 6.64. The van der Waals surface area contributed by atoms with Gasteiger partial charge in [-0.1, -0.05) is 6.07 Å². The molecule has 2 rings (SSSR count). The van der Waals surface area contributed by atoms with Crippen molar-refractivity contribution in [3.05, 3.63) is 35.4 Å². The molecule has 0 aliphatic carbocycles. The molecule has 16 heavy (non-hydrogen) atoms. The van der Waals surface area contributed by atoms with Crippen molar-refractivity contribution in [1.29, 1.82) is 0 Å². The predicted octanol–water partition coefficient (Wildman–Crippen LogP) is 1.81. The SMILES string of the molecule is Fc1ccc(CNC2CCNCC2)cc1F. The Kier molecular flexibility index (Phi) is 3.85. The lowest BCUT2D eigenvalue weighted by Gasteiger charge is -2.23. The van der Waals surface area contributed by atoms with E-state index in [-0.39, 0.29) is 0 Å². The van der Waals surface area contributed by atoms with E-state index in [1.165, 1.54) is 12.1 Å². The highest BCUT2D eigenvalue weighted by Gasteiger charge is 2.12. The van der Waals surface area contributed by atoms with Crippen molar-refractivity contribution < 1.29 is 8.78 Å². The highest BCUT2D eigenvalue weighted by Crippen LogP contribution is 2.09. The van der Waals surface area contributed by atoms with E-state index in [2.05, 4.69) is 10.6 Å². The molecular formula is C12H16F2N2. The highest BCUT2D eigenvalue weighted by atomic mass is 19.2. The van der Waals surface area contributed by atoms with Crippen LogP contribution in [0, 0.1) is 11.6 Å². The van der Waals surface area contributed by atoms with E-state index < -0.39 is 11.6 Å². The van der Waals surface area contributed by atoms with Gasteiger partial charge >= 0.3 is 0 Å². The number of rotatable bonds is 3. The van der Waals surface area contributed by atoms with Crippen LogP contribution in [0.15, 0.2) is 18.2 Å². The average Bonchev–Trinajstić information content (AvgIpc) is 2.32. The van der Waals surface area contributed by atoms with Crippen molar-refractivity contribution >= 4 is 0 Å². The van der Waals surface area contributed by atoms with Crippen LogP contribution >= 0.6 is 0 Å². The second-order valence-electron chi connectivity index (χ2n) is 4.15. The number of piperidine rings is 1. The molecule has 1 aromatic carbocycles. The monoisotopic (exact) mass is 226 g/mol. The molecule has 2 nitrogen and oxygen atoms in total. The minimum absolute atomic E-state index is 0.481. The van der Waals surface area contributed by atoms with Crippen LogP contribution in [0.3, 0.4) is 0 Å². The molecule has 0 radical (unpaired) electrons. The van der Waals surface area contributed by atoms with Gasteiger partial charge < -0.3 is 10.6 Å². The Bertz CT molecular complexity index is 349. The Hall–Kier alpha value is -1.00. The van der Waals surface area contributed by atoms with E-state index in [9.17, 15) is 8.78 Å². The van der Waals surface area contributed by atoms with Gasteiger partial charge in [0.1, 0.15) is 0 Å². The first-order valence-electron chi connectivity index (χ1n) is 5.64. The molecule has 1 aromatic rings. The molecule has 2 N–H and O–H groups in total. The number of hydrogen-bond acceptors (Lipinski definition) is 2. The van der Waals surface area contributed by atoms with Crippen molar-refractivity contribution in [3.63, 3.8) is 0 Å². The van der Waals surface area contributed by atoms with E-state index in [0.29, 0.717) is 12.6 Å². The van der Waals surface area contributed by atoms with Gasteiger partial charge in [-0.2, -0.15) is 0 Å². The standard InChI is InChI=1S/C12H16F2N2/c13-11-2-1-9(7-12(11)14)8-16-10-3-5-15-6-4-10/h1-2,7,10,15-16H,3-6,8H2. The largest absolute Gasteiger partial charge is 0.317 e. The quantitative estimate of drug-likeness (QED) is 0.821. The van der Waals surface area contributed by atoms with E-state index in [1.54, 1.807) is 6.07 Å². The smallest absolute Gasteiger partial charge is 0.159 e. The first-order chi connectivity index (χ1) is 7.75. The minimum Gasteiger partial charge on any atom is -0.317 e. The van der Waals surface area contributed by atoms with Crippen molar-refractivity contribution in [1.82, 2.24) is 10.6 Å². The van der Waals surface area contributed by atoms with Crippen LogP contribution < -0.4 is 10.6 Å². The van der Waals surface area contributed by atoms with Crippen molar-refractivity contribution in [2.75, 3.05) is 13.1 Å².